The predicted molar refractivity (Wildman–Crippen MR) is 67.4 cm³/mol. The van der Waals surface area contributed by atoms with Crippen LogP contribution in [0.1, 0.15) is 40.5 Å². The van der Waals surface area contributed by atoms with Crippen molar-refractivity contribution in [3.05, 3.63) is 12.2 Å². The van der Waals surface area contributed by atoms with Gasteiger partial charge in [0.25, 0.3) is 0 Å². The maximum absolute atomic E-state index is 12.3. The van der Waals surface area contributed by atoms with Crippen molar-refractivity contribution in [3.8, 4) is 0 Å². The molecule has 2 unspecified atom stereocenters. The first-order valence-electron chi connectivity index (χ1n) is 6.20. The summed E-state index contributed by atoms with van der Waals surface area (Å²) in [5.41, 5.74) is -0.737. The minimum absolute atomic E-state index is 0.0246. The van der Waals surface area contributed by atoms with Gasteiger partial charge in [-0.15, -0.1) is 0 Å². The average molecular weight is 238 g/mol. The largest absolute Gasteiger partial charge is 0.340 e. The Hall–Kier alpha value is -1.32. The molecular formula is C13H22N2O2. The van der Waals surface area contributed by atoms with E-state index in [0.717, 1.165) is 6.42 Å². The van der Waals surface area contributed by atoms with Crippen molar-refractivity contribution in [2.45, 2.75) is 52.1 Å². The number of carbonyl (C=O) groups is 2. The predicted octanol–water partition coefficient (Wildman–Crippen LogP) is 1.47. The highest BCUT2D eigenvalue weighted by molar-refractivity contribution is 5.99. The molecule has 4 nitrogen and oxygen atoms in total. The van der Waals surface area contributed by atoms with Gasteiger partial charge in [-0.05, 0) is 33.6 Å². The van der Waals surface area contributed by atoms with Crippen LogP contribution in [0.15, 0.2) is 12.2 Å². The Bertz CT molecular complexity index is 338. The van der Waals surface area contributed by atoms with Crippen LogP contribution in [0.5, 0.6) is 0 Å². The molecule has 0 aromatic carbocycles. The number of rotatable bonds is 4. The van der Waals surface area contributed by atoms with Crippen LogP contribution in [0.2, 0.25) is 0 Å². The third kappa shape index (κ3) is 2.68. The Morgan fingerprint density at radius 2 is 2.12 bits per heavy atom. The lowest BCUT2D eigenvalue weighted by Gasteiger charge is -2.43. The molecule has 1 heterocycles. The minimum Gasteiger partial charge on any atom is -0.340 e. The first-order valence-corrected chi connectivity index (χ1v) is 6.20. The van der Waals surface area contributed by atoms with E-state index in [1.807, 2.05) is 26.0 Å². The van der Waals surface area contributed by atoms with Gasteiger partial charge in [-0.25, -0.2) is 0 Å². The fourth-order valence-electron chi connectivity index (χ4n) is 1.98. The summed E-state index contributed by atoms with van der Waals surface area (Å²) in [6.45, 7) is 8.04. The van der Waals surface area contributed by atoms with Gasteiger partial charge in [0.15, 0.2) is 0 Å². The van der Waals surface area contributed by atoms with E-state index in [1.54, 1.807) is 18.7 Å². The average Bonchev–Trinajstić information content (AvgIpc) is 2.31. The highest BCUT2D eigenvalue weighted by atomic mass is 16.2. The fourth-order valence-corrected chi connectivity index (χ4v) is 1.98. The van der Waals surface area contributed by atoms with Crippen LogP contribution in [0, 0.1) is 0 Å². The number of amides is 2. The monoisotopic (exact) mass is 238 g/mol. The fraction of sp³-hybridized carbons (Fsp3) is 0.692. The number of piperazine rings is 1. The highest BCUT2D eigenvalue weighted by Gasteiger charge is 2.44. The van der Waals surface area contributed by atoms with Crippen molar-refractivity contribution in [3.63, 3.8) is 0 Å². The van der Waals surface area contributed by atoms with E-state index in [4.69, 9.17) is 0 Å². The molecule has 1 N–H and O–H groups in total. The smallest absolute Gasteiger partial charge is 0.248 e. The van der Waals surface area contributed by atoms with Crippen molar-refractivity contribution in [1.29, 1.82) is 0 Å². The Morgan fingerprint density at radius 1 is 1.47 bits per heavy atom. The molecule has 0 bridgehead atoms. The van der Waals surface area contributed by atoms with E-state index in [-0.39, 0.29) is 17.9 Å². The van der Waals surface area contributed by atoms with Gasteiger partial charge >= 0.3 is 0 Å². The second-order valence-electron chi connectivity index (χ2n) is 4.71. The molecule has 0 aliphatic carbocycles. The second kappa shape index (κ2) is 5.34. The van der Waals surface area contributed by atoms with Crippen molar-refractivity contribution in [2.24, 2.45) is 0 Å². The van der Waals surface area contributed by atoms with Gasteiger partial charge in [-0.3, -0.25) is 9.59 Å². The molecule has 0 saturated carbocycles. The Morgan fingerprint density at radius 3 is 2.65 bits per heavy atom. The van der Waals surface area contributed by atoms with Gasteiger partial charge in [0.2, 0.25) is 11.8 Å². The maximum atomic E-state index is 12.3. The standard InChI is InChI=1S/C13H22N2O2/c1-5-7-8-9-15-10(3)11(16)14-13(4,6-2)12(15)17/h5,7,10H,6,8-9H2,1-4H3,(H,14,16)/b7-5+. The molecule has 0 spiro atoms. The van der Waals surface area contributed by atoms with E-state index in [0.29, 0.717) is 13.0 Å². The zero-order valence-corrected chi connectivity index (χ0v) is 11.1. The van der Waals surface area contributed by atoms with E-state index in [9.17, 15) is 9.59 Å². The quantitative estimate of drug-likeness (QED) is 0.754. The van der Waals surface area contributed by atoms with E-state index in [1.165, 1.54) is 0 Å². The van der Waals surface area contributed by atoms with Crippen LogP contribution in [0.4, 0.5) is 0 Å². The number of allylic oxidation sites excluding steroid dienone is 1. The Kier molecular flexibility index (Phi) is 4.32. The molecule has 0 aromatic heterocycles. The highest BCUT2D eigenvalue weighted by Crippen LogP contribution is 2.21. The number of nitrogens with one attached hydrogen (secondary N) is 1. The lowest BCUT2D eigenvalue weighted by Crippen LogP contribution is -2.68. The van der Waals surface area contributed by atoms with Crippen molar-refractivity contribution >= 4 is 11.8 Å². The number of carbonyl (C=O) groups excluding carboxylic acids is 2. The summed E-state index contributed by atoms with van der Waals surface area (Å²) in [4.78, 5) is 25.8. The van der Waals surface area contributed by atoms with Gasteiger partial charge in [0.1, 0.15) is 11.6 Å². The molecule has 2 atom stereocenters. The third-order valence-corrected chi connectivity index (χ3v) is 3.46. The van der Waals surface area contributed by atoms with Crippen LogP contribution < -0.4 is 5.32 Å². The van der Waals surface area contributed by atoms with E-state index >= 15 is 0 Å². The van der Waals surface area contributed by atoms with Crippen molar-refractivity contribution in [1.82, 2.24) is 10.2 Å². The molecule has 1 fully saturated rings. The molecule has 17 heavy (non-hydrogen) atoms. The van der Waals surface area contributed by atoms with Gasteiger partial charge in [0, 0.05) is 6.54 Å². The zero-order chi connectivity index (χ0) is 13.1. The van der Waals surface area contributed by atoms with E-state index in [2.05, 4.69) is 5.32 Å². The summed E-state index contributed by atoms with van der Waals surface area (Å²) in [7, 11) is 0. The van der Waals surface area contributed by atoms with Gasteiger partial charge in [-0.1, -0.05) is 19.1 Å². The summed E-state index contributed by atoms with van der Waals surface area (Å²) >= 11 is 0. The lowest BCUT2D eigenvalue weighted by molar-refractivity contribution is -0.153. The number of nitrogens with zero attached hydrogens (tertiary/aromatic N) is 1. The second-order valence-corrected chi connectivity index (χ2v) is 4.71. The molecule has 1 saturated heterocycles. The molecule has 1 rings (SSSR count). The normalized spacial score (nSPS) is 29.9. The third-order valence-electron chi connectivity index (χ3n) is 3.46. The minimum atomic E-state index is -0.737. The molecule has 0 aromatic rings. The summed E-state index contributed by atoms with van der Waals surface area (Å²) in [5.74, 6) is -0.0361. The van der Waals surface area contributed by atoms with Gasteiger partial charge in [-0.2, -0.15) is 0 Å². The molecule has 2 amide bonds. The van der Waals surface area contributed by atoms with Gasteiger partial charge in [0.05, 0.1) is 0 Å². The maximum Gasteiger partial charge on any atom is 0.248 e. The Labute approximate surface area is 103 Å². The first kappa shape index (κ1) is 13.7. The summed E-state index contributed by atoms with van der Waals surface area (Å²) in [6, 6.07) is -0.368. The van der Waals surface area contributed by atoms with Crippen LogP contribution in [0.25, 0.3) is 0 Å². The number of hydrogen-bond acceptors (Lipinski definition) is 2. The van der Waals surface area contributed by atoms with E-state index < -0.39 is 5.54 Å². The van der Waals surface area contributed by atoms with Crippen molar-refractivity contribution in [2.75, 3.05) is 6.54 Å². The van der Waals surface area contributed by atoms with Crippen LogP contribution in [-0.4, -0.2) is 34.8 Å². The lowest BCUT2D eigenvalue weighted by atomic mass is 9.92. The van der Waals surface area contributed by atoms with Crippen LogP contribution in [0.3, 0.4) is 0 Å². The van der Waals surface area contributed by atoms with Crippen LogP contribution >= 0.6 is 0 Å². The molecular weight excluding hydrogens is 216 g/mol. The van der Waals surface area contributed by atoms with Crippen LogP contribution in [-0.2, 0) is 9.59 Å². The first-order chi connectivity index (χ1) is 7.96. The molecule has 96 valence electrons. The molecule has 1 aliphatic heterocycles. The molecule has 4 heteroatoms. The number of hydrogen-bond donors (Lipinski definition) is 1. The summed E-state index contributed by atoms with van der Waals surface area (Å²) < 4.78 is 0. The Balaban J connectivity index is 2.84. The van der Waals surface area contributed by atoms with Crippen molar-refractivity contribution < 1.29 is 9.59 Å². The van der Waals surface area contributed by atoms with Gasteiger partial charge < -0.3 is 10.2 Å². The zero-order valence-electron chi connectivity index (χ0n) is 11.1. The molecule has 1 aliphatic rings. The molecule has 0 radical (unpaired) electrons. The summed E-state index contributed by atoms with van der Waals surface area (Å²) in [6.07, 6.45) is 5.37. The SMILES string of the molecule is C/C=C/CCN1C(=O)C(C)(CC)NC(=O)C1C. The topological polar surface area (TPSA) is 49.4 Å². The summed E-state index contributed by atoms with van der Waals surface area (Å²) in [5, 5.41) is 2.81.